The van der Waals surface area contributed by atoms with E-state index in [0.29, 0.717) is 39.7 Å². The Labute approximate surface area is 192 Å². The second kappa shape index (κ2) is 10.3. The van der Waals surface area contributed by atoms with E-state index < -0.39 is 5.82 Å². The monoisotopic (exact) mass is 471 g/mol. The summed E-state index contributed by atoms with van der Waals surface area (Å²) >= 11 is 5.88. The number of fused-ring (bicyclic) bond motifs is 1. The van der Waals surface area contributed by atoms with Crippen molar-refractivity contribution in [1.82, 2.24) is 9.97 Å². The Kier molecular flexibility index (Phi) is 7.01. The highest BCUT2D eigenvalue weighted by Gasteiger charge is 2.13. The van der Waals surface area contributed by atoms with Gasteiger partial charge in [0.2, 0.25) is 0 Å². The van der Waals surface area contributed by atoms with Crippen LogP contribution < -0.4 is 20.2 Å². The summed E-state index contributed by atoms with van der Waals surface area (Å²) in [6, 6.07) is 10.5. The molecule has 0 fully saturated rings. The second-order valence-electron chi connectivity index (χ2n) is 6.83. The molecule has 0 amide bonds. The molecule has 10 heteroatoms. The fourth-order valence-corrected chi connectivity index (χ4v) is 3.22. The molecule has 0 radical (unpaired) electrons. The minimum absolute atomic E-state index is 0.00108. The number of ether oxygens (including phenoxy) is 3. The quantitative estimate of drug-likeness (QED) is 0.350. The van der Waals surface area contributed by atoms with Gasteiger partial charge >= 0.3 is 0 Å². The molecule has 0 unspecified atom stereocenters. The SMILES string of the molecule is COc1cc2ncnc(Nc3ccc(F)c(Cl)c3)c2cc1OCCOCc1cc(=O)cco1. The van der Waals surface area contributed by atoms with E-state index in [9.17, 15) is 9.18 Å². The maximum atomic E-state index is 13.5. The minimum atomic E-state index is -0.508. The molecule has 1 N–H and O–H groups in total. The normalized spacial score (nSPS) is 10.9. The molecule has 170 valence electrons. The second-order valence-corrected chi connectivity index (χ2v) is 7.24. The molecule has 0 aliphatic rings. The topological polar surface area (TPSA) is 95.7 Å². The molecule has 0 aliphatic heterocycles. The van der Waals surface area contributed by atoms with E-state index in [0.717, 1.165) is 0 Å². The molecule has 0 atom stereocenters. The number of nitrogens with zero attached hydrogens (tertiary/aromatic N) is 2. The Balaban J connectivity index is 1.48. The lowest BCUT2D eigenvalue weighted by Crippen LogP contribution is -2.08. The third-order valence-electron chi connectivity index (χ3n) is 4.59. The molecular weight excluding hydrogens is 453 g/mol. The van der Waals surface area contributed by atoms with Crippen LogP contribution >= 0.6 is 11.6 Å². The summed E-state index contributed by atoms with van der Waals surface area (Å²) in [4.78, 5) is 19.9. The molecule has 4 rings (SSSR count). The zero-order chi connectivity index (χ0) is 23.2. The molecule has 0 saturated carbocycles. The van der Waals surface area contributed by atoms with Crippen molar-refractivity contribution >= 4 is 34.0 Å². The smallest absolute Gasteiger partial charge is 0.185 e. The highest BCUT2D eigenvalue weighted by atomic mass is 35.5. The van der Waals surface area contributed by atoms with E-state index >= 15 is 0 Å². The van der Waals surface area contributed by atoms with Crippen LogP contribution in [0.3, 0.4) is 0 Å². The average molecular weight is 472 g/mol. The van der Waals surface area contributed by atoms with Crippen LogP contribution in [0.25, 0.3) is 10.9 Å². The van der Waals surface area contributed by atoms with Gasteiger partial charge in [0.25, 0.3) is 0 Å². The average Bonchev–Trinajstić information content (AvgIpc) is 2.81. The van der Waals surface area contributed by atoms with Crippen LogP contribution in [0.5, 0.6) is 11.5 Å². The largest absolute Gasteiger partial charge is 0.493 e. The van der Waals surface area contributed by atoms with Gasteiger partial charge in [0, 0.05) is 29.3 Å². The van der Waals surface area contributed by atoms with Crippen LogP contribution in [0.2, 0.25) is 5.02 Å². The number of hydrogen-bond acceptors (Lipinski definition) is 8. The van der Waals surface area contributed by atoms with Gasteiger partial charge in [-0.15, -0.1) is 0 Å². The third-order valence-corrected chi connectivity index (χ3v) is 4.88. The lowest BCUT2D eigenvalue weighted by atomic mass is 10.2. The fourth-order valence-electron chi connectivity index (χ4n) is 3.03. The van der Waals surface area contributed by atoms with E-state index in [4.69, 9.17) is 30.2 Å². The number of rotatable bonds is 9. The van der Waals surface area contributed by atoms with Gasteiger partial charge in [-0.05, 0) is 24.3 Å². The zero-order valence-electron chi connectivity index (χ0n) is 17.5. The van der Waals surface area contributed by atoms with Crippen LogP contribution in [-0.4, -0.2) is 30.3 Å². The number of methoxy groups -OCH3 is 1. The van der Waals surface area contributed by atoms with E-state index in [1.165, 1.54) is 44.0 Å². The first-order valence-corrected chi connectivity index (χ1v) is 10.2. The molecule has 4 aromatic rings. The van der Waals surface area contributed by atoms with E-state index in [2.05, 4.69) is 15.3 Å². The van der Waals surface area contributed by atoms with Gasteiger partial charge in [-0.25, -0.2) is 14.4 Å². The first-order chi connectivity index (χ1) is 16.0. The van der Waals surface area contributed by atoms with Gasteiger partial charge in [0.15, 0.2) is 16.9 Å². The predicted octanol–water partition coefficient (Wildman–Crippen LogP) is 4.72. The first kappa shape index (κ1) is 22.5. The summed E-state index contributed by atoms with van der Waals surface area (Å²) in [5, 5.41) is 3.79. The Hall–Kier alpha value is -3.69. The van der Waals surface area contributed by atoms with Crippen molar-refractivity contribution in [3.8, 4) is 11.5 Å². The summed E-state index contributed by atoms with van der Waals surface area (Å²) in [6.45, 7) is 0.629. The maximum Gasteiger partial charge on any atom is 0.185 e. The molecule has 2 heterocycles. The van der Waals surface area contributed by atoms with Crippen molar-refractivity contribution in [2.24, 2.45) is 0 Å². The molecule has 0 aliphatic carbocycles. The molecule has 0 saturated heterocycles. The molecule has 33 heavy (non-hydrogen) atoms. The number of halogens is 2. The van der Waals surface area contributed by atoms with Gasteiger partial charge in [0.1, 0.15) is 36.9 Å². The zero-order valence-corrected chi connectivity index (χ0v) is 18.3. The highest BCUT2D eigenvalue weighted by molar-refractivity contribution is 6.31. The summed E-state index contributed by atoms with van der Waals surface area (Å²) in [6.07, 6.45) is 2.73. The highest BCUT2D eigenvalue weighted by Crippen LogP contribution is 2.35. The predicted molar refractivity (Wildman–Crippen MR) is 121 cm³/mol. The lowest BCUT2D eigenvalue weighted by Gasteiger charge is -2.14. The number of hydrogen-bond donors (Lipinski definition) is 1. The summed E-state index contributed by atoms with van der Waals surface area (Å²) in [5.74, 6) is 1.37. The summed E-state index contributed by atoms with van der Waals surface area (Å²) < 4.78 is 35.4. The molecule has 0 bridgehead atoms. The van der Waals surface area contributed by atoms with Crippen molar-refractivity contribution in [2.75, 3.05) is 25.6 Å². The summed E-state index contributed by atoms with van der Waals surface area (Å²) in [7, 11) is 1.53. The van der Waals surface area contributed by atoms with Crippen LogP contribution in [0, 0.1) is 5.82 Å². The van der Waals surface area contributed by atoms with Crippen molar-refractivity contribution in [1.29, 1.82) is 0 Å². The molecule has 0 spiro atoms. The van der Waals surface area contributed by atoms with Crippen molar-refractivity contribution < 1.29 is 23.0 Å². The van der Waals surface area contributed by atoms with Crippen LogP contribution in [0.1, 0.15) is 5.76 Å². The standard InChI is InChI=1S/C23H19ClFN3O5/c1-30-21-11-20-17(23(27-13-26-20)28-14-2-3-19(25)18(24)8-14)10-22(21)33-7-6-31-12-16-9-15(29)4-5-32-16/h2-5,8-11,13H,6-7,12H2,1H3,(H,26,27,28). The number of aromatic nitrogens is 2. The van der Waals surface area contributed by atoms with Gasteiger partial charge in [0.05, 0.1) is 30.5 Å². The Bertz CT molecular complexity index is 1330. The van der Waals surface area contributed by atoms with Crippen LogP contribution in [0.4, 0.5) is 15.9 Å². The third kappa shape index (κ3) is 5.57. The van der Waals surface area contributed by atoms with Crippen LogP contribution in [-0.2, 0) is 11.3 Å². The number of anilines is 2. The van der Waals surface area contributed by atoms with E-state index in [1.807, 2.05) is 0 Å². The summed E-state index contributed by atoms with van der Waals surface area (Å²) in [5.41, 5.74) is 1.05. The Morgan fingerprint density at radius 2 is 1.97 bits per heavy atom. The van der Waals surface area contributed by atoms with E-state index in [1.54, 1.807) is 18.2 Å². The van der Waals surface area contributed by atoms with Crippen LogP contribution in [0.15, 0.2) is 64.3 Å². The van der Waals surface area contributed by atoms with Gasteiger partial charge in [-0.3, -0.25) is 4.79 Å². The molecule has 8 nitrogen and oxygen atoms in total. The molecular formula is C23H19ClFN3O5. The van der Waals surface area contributed by atoms with Gasteiger partial charge < -0.3 is 23.9 Å². The van der Waals surface area contributed by atoms with Crippen molar-refractivity contribution in [3.63, 3.8) is 0 Å². The maximum absolute atomic E-state index is 13.5. The van der Waals surface area contributed by atoms with E-state index in [-0.39, 0.29) is 30.3 Å². The van der Waals surface area contributed by atoms with Crippen molar-refractivity contribution in [3.05, 3.63) is 81.9 Å². The Morgan fingerprint density at radius 1 is 1.09 bits per heavy atom. The van der Waals surface area contributed by atoms with Gasteiger partial charge in [-0.2, -0.15) is 0 Å². The van der Waals surface area contributed by atoms with Gasteiger partial charge in [-0.1, -0.05) is 11.6 Å². The Morgan fingerprint density at radius 3 is 2.76 bits per heavy atom. The number of nitrogens with one attached hydrogen (secondary N) is 1. The lowest BCUT2D eigenvalue weighted by molar-refractivity contribution is 0.0764. The molecule has 2 aromatic heterocycles. The molecule has 2 aromatic carbocycles. The first-order valence-electron chi connectivity index (χ1n) is 9.86. The van der Waals surface area contributed by atoms with Crippen molar-refractivity contribution in [2.45, 2.75) is 6.61 Å². The minimum Gasteiger partial charge on any atom is -0.493 e. The number of benzene rings is 2. The fraction of sp³-hybridized carbons (Fsp3) is 0.174.